The Balaban J connectivity index is 1.75. The van der Waals surface area contributed by atoms with E-state index < -0.39 is 0 Å². The molecule has 2 nitrogen and oxygen atoms in total. The Morgan fingerprint density at radius 2 is 1.85 bits per heavy atom. The minimum atomic E-state index is 0.658. The van der Waals surface area contributed by atoms with Gasteiger partial charge < -0.3 is 10.1 Å². The van der Waals surface area contributed by atoms with E-state index in [1.54, 1.807) is 11.3 Å². The van der Waals surface area contributed by atoms with Crippen molar-refractivity contribution >= 4 is 22.9 Å². The van der Waals surface area contributed by atoms with Crippen LogP contribution in [0.25, 0.3) is 0 Å². The summed E-state index contributed by atoms with van der Waals surface area (Å²) in [4.78, 5) is 1.39. The maximum atomic E-state index is 6.14. The number of hydrogen-bond donors (Lipinski definition) is 1. The van der Waals surface area contributed by atoms with E-state index in [0.717, 1.165) is 35.0 Å². The van der Waals surface area contributed by atoms with E-state index in [9.17, 15) is 0 Å². The normalized spacial score (nSPS) is 10.8. The summed E-state index contributed by atoms with van der Waals surface area (Å²) in [6.07, 6.45) is 0. The first-order chi connectivity index (χ1) is 9.58. The molecule has 0 spiro atoms. The molecule has 108 valence electrons. The van der Waals surface area contributed by atoms with Crippen molar-refractivity contribution in [2.75, 3.05) is 13.2 Å². The quantitative estimate of drug-likeness (QED) is 0.794. The number of nitrogens with one attached hydrogen (secondary N) is 1. The Morgan fingerprint density at radius 1 is 1.15 bits per heavy atom. The van der Waals surface area contributed by atoms with Gasteiger partial charge in [0.2, 0.25) is 0 Å². The van der Waals surface area contributed by atoms with E-state index in [2.05, 4.69) is 23.7 Å². The lowest BCUT2D eigenvalue weighted by molar-refractivity contribution is 0.313. The third kappa shape index (κ3) is 3.98. The van der Waals surface area contributed by atoms with Crippen LogP contribution in [0, 0.1) is 20.8 Å². The monoisotopic (exact) mass is 309 g/mol. The van der Waals surface area contributed by atoms with Crippen molar-refractivity contribution in [2.24, 2.45) is 0 Å². The zero-order valence-corrected chi connectivity index (χ0v) is 13.7. The van der Waals surface area contributed by atoms with Crippen LogP contribution in [0.3, 0.4) is 0 Å². The van der Waals surface area contributed by atoms with E-state index in [1.807, 2.05) is 26.0 Å². The largest absolute Gasteiger partial charge is 0.492 e. The molecule has 2 rings (SSSR count). The zero-order chi connectivity index (χ0) is 14.5. The number of ether oxygens (including phenoxy) is 1. The first kappa shape index (κ1) is 15.4. The van der Waals surface area contributed by atoms with Crippen LogP contribution in [0.5, 0.6) is 5.75 Å². The number of benzene rings is 1. The van der Waals surface area contributed by atoms with Crippen LogP contribution < -0.4 is 10.1 Å². The third-order valence-corrected chi connectivity index (χ3v) is 4.83. The van der Waals surface area contributed by atoms with Gasteiger partial charge in [-0.2, -0.15) is 0 Å². The highest BCUT2D eigenvalue weighted by Crippen LogP contribution is 2.25. The fourth-order valence-electron chi connectivity index (χ4n) is 2.02. The van der Waals surface area contributed by atoms with Gasteiger partial charge in [-0.1, -0.05) is 11.6 Å². The van der Waals surface area contributed by atoms with Crippen molar-refractivity contribution in [3.8, 4) is 5.75 Å². The molecule has 20 heavy (non-hydrogen) atoms. The van der Waals surface area contributed by atoms with Crippen molar-refractivity contribution in [3.05, 3.63) is 50.2 Å². The molecular formula is C16H20ClNOS. The van der Waals surface area contributed by atoms with Crippen LogP contribution in [0.4, 0.5) is 0 Å². The van der Waals surface area contributed by atoms with Crippen molar-refractivity contribution in [3.63, 3.8) is 0 Å². The smallest absolute Gasteiger partial charge is 0.119 e. The Hall–Kier alpha value is -1.03. The molecule has 0 aliphatic carbocycles. The van der Waals surface area contributed by atoms with Crippen molar-refractivity contribution < 1.29 is 4.74 Å². The summed E-state index contributed by atoms with van der Waals surface area (Å²) in [6.45, 7) is 8.54. The molecule has 0 aliphatic rings. The molecule has 1 aromatic heterocycles. The number of rotatable bonds is 6. The van der Waals surface area contributed by atoms with Crippen LogP contribution in [0.15, 0.2) is 23.6 Å². The molecule has 0 radical (unpaired) electrons. The molecule has 0 atom stereocenters. The Kier molecular flexibility index (Phi) is 5.46. The van der Waals surface area contributed by atoms with Gasteiger partial charge in [0.25, 0.3) is 0 Å². The molecule has 0 bridgehead atoms. The zero-order valence-electron chi connectivity index (χ0n) is 12.1. The molecule has 1 aromatic carbocycles. The lowest BCUT2D eigenvalue weighted by atomic mass is 10.1. The first-order valence-electron chi connectivity index (χ1n) is 6.71. The molecule has 0 saturated carbocycles. The molecule has 4 heteroatoms. The molecule has 0 unspecified atom stereocenters. The van der Waals surface area contributed by atoms with Gasteiger partial charge >= 0.3 is 0 Å². The summed E-state index contributed by atoms with van der Waals surface area (Å²) in [7, 11) is 0. The van der Waals surface area contributed by atoms with Gasteiger partial charge in [-0.05, 0) is 61.0 Å². The number of aryl methyl sites for hydroxylation is 3. The van der Waals surface area contributed by atoms with Gasteiger partial charge in [-0.25, -0.2) is 0 Å². The topological polar surface area (TPSA) is 21.3 Å². The fraction of sp³-hybridized carbons (Fsp3) is 0.375. The molecule has 0 saturated heterocycles. The highest BCUT2D eigenvalue weighted by molar-refractivity contribution is 7.10. The summed E-state index contributed by atoms with van der Waals surface area (Å²) in [6, 6.07) is 6.12. The second-order valence-corrected chi connectivity index (χ2v) is 6.30. The average Bonchev–Trinajstić information content (AvgIpc) is 2.81. The Labute approximate surface area is 129 Å². The minimum Gasteiger partial charge on any atom is -0.492 e. The second-order valence-electron chi connectivity index (χ2n) is 4.92. The van der Waals surface area contributed by atoms with Gasteiger partial charge in [0, 0.05) is 23.0 Å². The van der Waals surface area contributed by atoms with E-state index in [4.69, 9.17) is 16.3 Å². The van der Waals surface area contributed by atoms with Crippen LogP contribution in [-0.2, 0) is 6.54 Å². The Bertz CT molecular complexity index is 557. The summed E-state index contributed by atoms with van der Waals surface area (Å²) < 4.78 is 5.75. The molecule has 0 amide bonds. The van der Waals surface area contributed by atoms with Crippen molar-refractivity contribution in [2.45, 2.75) is 27.3 Å². The third-order valence-electron chi connectivity index (χ3n) is 3.21. The van der Waals surface area contributed by atoms with Crippen LogP contribution in [0.2, 0.25) is 5.02 Å². The lowest BCUT2D eigenvalue weighted by Gasteiger charge is -2.10. The molecular weight excluding hydrogens is 290 g/mol. The molecule has 2 aromatic rings. The molecule has 0 aliphatic heterocycles. The first-order valence-corrected chi connectivity index (χ1v) is 7.97. The van der Waals surface area contributed by atoms with E-state index in [-0.39, 0.29) is 0 Å². The summed E-state index contributed by atoms with van der Waals surface area (Å²) in [5.41, 5.74) is 3.47. The summed E-state index contributed by atoms with van der Waals surface area (Å²) in [5, 5.41) is 6.35. The maximum absolute atomic E-state index is 6.14. The predicted molar refractivity (Wildman–Crippen MR) is 87.2 cm³/mol. The Morgan fingerprint density at radius 3 is 2.45 bits per heavy atom. The van der Waals surface area contributed by atoms with Crippen molar-refractivity contribution in [1.29, 1.82) is 0 Å². The fourth-order valence-corrected chi connectivity index (χ4v) is 3.00. The minimum absolute atomic E-state index is 0.658. The van der Waals surface area contributed by atoms with E-state index >= 15 is 0 Å². The summed E-state index contributed by atoms with van der Waals surface area (Å²) in [5.74, 6) is 0.888. The highest BCUT2D eigenvalue weighted by atomic mass is 35.5. The van der Waals surface area contributed by atoms with Gasteiger partial charge in [-0.15, -0.1) is 11.3 Å². The van der Waals surface area contributed by atoms with Crippen molar-refractivity contribution in [1.82, 2.24) is 5.32 Å². The molecule has 1 N–H and O–H groups in total. The maximum Gasteiger partial charge on any atom is 0.119 e. The molecule has 1 heterocycles. The van der Waals surface area contributed by atoms with Gasteiger partial charge in [0.15, 0.2) is 0 Å². The highest BCUT2D eigenvalue weighted by Gasteiger charge is 2.03. The van der Waals surface area contributed by atoms with Gasteiger partial charge in [0.1, 0.15) is 12.4 Å². The van der Waals surface area contributed by atoms with Crippen LogP contribution >= 0.6 is 22.9 Å². The predicted octanol–water partition coefficient (Wildman–Crippen LogP) is 4.50. The van der Waals surface area contributed by atoms with E-state index in [1.165, 1.54) is 10.4 Å². The second kappa shape index (κ2) is 7.11. The molecule has 0 fully saturated rings. The number of thiophene rings is 1. The lowest BCUT2D eigenvalue weighted by Crippen LogP contribution is -2.20. The van der Waals surface area contributed by atoms with Crippen LogP contribution in [-0.4, -0.2) is 13.2 Å². The standard InChI is InChI=1S/C16H20ClNOS/c1-11-4-7-20-15(11)10-18-5-6-19-14-8-12(2)16(17)13(3)9-14/h4,7-9,18H,5-6,10H2,1-3H3. The average molecular weight is 310 g/mol. The van der Waals surface area contributed by atoms with Gasteiger partial charge in [0.05, 0.1) is 0 Å². The van der Waals surface area contributed by atoms with E-state index in [0.29, 0.717) is 6.61 Å². The number of halogens is 1. The van der Waals surface area contributed by atoms with Crippen LogP contribution in [0.1, 0.15) is 21.6 Å². The SMILES string of the molecule is Cc1ccsc1CNCCOc1cc(C)c(Cl)c(C)c1. The number of hydrogen-bond acceptors (Lipinski definition) is 3. The summed E-state index contributed by atoms with van der Waals surface area (Å²) >= 11 is 7.93. The van der Waals surface area contributed by atoms with Gasteiger partial charge in [-0.3, -0.25) is 0 Å².